The van der Waals surface area contributed by atoms with E-state index in [-0.39, 0.29) is 0 Å². The molecule has 0 aliphatic heterocycles. The Balaban J connectivity index is 1.89. The molecule has 0 unspecified atom stereocenters. The van der Waals surface area contributed by atoms with E-state index in [0.29, 0.717) is 12.1 Å². The predicted octanol–water partition coefficient (Wildman–Crippen LogP) is 3.00. The van der Waals surface area contributed by atoms with E-state index in [1.54, 1.807) is 0 Å². The molecule has 3 heteroatoms. The summed E-state index contributed by atoms with van der Waals surface area (Å²) in [7, 11) is 0. The number of imidazole rings is 1. The topological polar surface area (TPSA) is 29.9 Å². The third-order valence-corrected chi connectivity index (χ3v) is 3.77. The van der Waals surface area contributed by atoms with Crippen LogP contribution in [0.3, 0.4) is 0 Å². The first-order chi connectivity index (χ1) is 8.27. The van der Waals surface area contributed by atoms with Crippen molar-refractivity contribution in [2.24, 2.45) is 5.92 Å². The molecule has 2 rings (SSSR count). The van der Waals surface area contributed by atoms with Gasteiger partial charge in [-0.25, -0.2) is 4.98 Å². The Morgan fingerprint density at radius 2 is 2.18 bits per heavy atom. The normalized spacial score (nSPS) is 25.4. The fourth-order valence-electron chi connectivity index (χ4n) is 2.73. The molecule has 17 heavy (non-hydrogen) atoms. The summed E-state index contributed by atoms with van der Waals surface area (Å²) in [6.07, 6.45) is 12.5. The van der Waals surface area contributed by atoms with Gasteiger partial charge < -0.3 is 9.88 Å². The number of hydrogen-bond donors (Lipinski definition) is 1. The lowest BCUT2D eigenvalue weighted by Gasteiger charge is -2.33. The molecule has 2 atom stereocenters. The van der Waals surface area contributed by atoms with Crippen LogP contribution in [0.25, 0.3) is 0 Å². The van der Waals surface area contributed by atoms with Crippen LogP contribution in [0.4, 0.5) is 0 Å². The molecule has 1 aliphatic rings. The molecule has 0 radical (unpaired) electrons. The molecule has 0 spiro atoms. The summed E-state index contributed by atoms with van der Waals surface area (Å²) in [4.78, 5) is 4.18. The number of aromatic nitrogens is 2. The van der Waals surface area contributed by atoms with Gasteiger partial charge in [-0.1, -0.05) is 26.7 Å². The van der Waals surface area contributed by atoms with Crippen molar-refractivity contribution in [1.29, 1.82) is 0 Å². The first-order valence-corrected chi connectivity index (χ1v) is 6.98. The molecule has 0 bridgehead atoms. The molecule has 1 N–H and O–H groups in total. The maximum Gasteiger partial charge on any atom is 0.0949 e. The zero-order valence-electron chi connectivity index (χ0n) is 11.1. The molecule has 0 aromatic carbocycles. The third kappa shape index (κ3) is 3.56. The van der Waals surface area contributed by atoms with Gasteiger partial charge in [0, 0.05) is 24.5 Å². The van der Waals surface area contributed by atoms with E-state index >= 15 is 0 Å². The van der Waals surface area contributed by atoms with E-state index in [9.17, 15) is 0 Å². The van der Waals surface area contributed by atoms with Crippen molar-refractivity contribution >= 4 is 0 Å². The second kappa shape index (κ2) is 6.20. The van der Waals surface area contributed by atoms with Crippen LogP contribution in [0.1, 0.15) is 52.0 Å². The van der Waals surface area contributed by atoms with Crippen LogP contribution in [0.2, 0.25) is 0 Å². The highest BCUT2D eigenvalue weighted by molar-refractivity contribution is 4.90. The average molecular weight is 235 g/mol. The minimum absolute atomic E-state index is 0.610. The highest BCUT2D eigenvalue weighted by Gasteiger charge is 2.25. The minimum Gasteiger partial charge on any atom is -0.333 e. The summed E-state index contributed by atoms with van der Waals surface area (Å²) in [6, 6.07) is 1.25. The van der Waals surface area contributed by atoms with E-state index in [1.165, 1.54) is 32.1 Å². The van der Waals surface area contributed by atoms with Crippen molar-refractivity contribution in [2.75, 3.05) is 6.54 Å². The predicted molar refractivity (Wildman–Crippen MR) is 71.0 cm³/mol. The Morgan fingerprint density at radius 1 is 1.35 bits per heavy atom. The highest BCUT2D eigenvalue weighted by Crippen LogP contribution is 2.28. The van der Waals surface area contributed by atoms with E-state index in [1.807, 2.05) is 12.5 Å². The summed E-state index contributed by atoms with van der Waals surface area (Å²) >= 11 is 0. The molecule has 1 aliphatic carbocycles. The van der Waals surface area contributed by atoms with Gasteiger partial charge in [0.2, 0.25) is 0 Å². The van der Waals surface area contributed by atoms with E-state index in [0.717, 1.165) is 12.5 Å². The molecule has 0 saturated heterocycles. The van der Waals surface area contributed by atoms with Crippen molar-refractivity contribution in [3.05, 3.63) is 18.7 Å². The van der Waals surface area contributed by atoms with E-state index in [4.69, 9.17) is 0 Å². The lowest BCUT2D eigenvalue weighted by Crippen LogP contribution is -2.40. The van der Waals surface area contributed by atoms with E-state index in [2.05, 4.69) is 34.9 Å². The standard InChI is InChI=1S/C14H25N3/c1-12(2)7-8-16-13-5-3-4-6-14(13)17-10-9-15-11-17/h9-14,16H,3-8H2,1-2H3/t13-,14+/m0/s1. The molecule has 1 aromatic heterocycles. The molecular formula is C14H25N3. The van der Waals surface area contributed by atoms with Gasteiger partial charge in [-0.05, 0) is 31.7 Å². The molecule has 3 nitrogen and oxygen atoms in total. The second-order valence-corrected chi connectivity index (χ2v) is 5.60. The quantitative estimate of drug-likeness (QED) is 0.850. The van der Waals surface area contributed by atoms with Crippen molar-refractivity contribution in [1.82, 2.24) is 14.9 Å². The van der Waals surface area contributed by atoms with Gasteiger partial charge in [0.15, 0.2) is 0 Å². The summed E-state index contributed by atoms with van der Waals surface area (Å²) in [6.45, 7) is 5.72. The average Bonchev–Trinajstić information content (AvgIpc) is 2.82. The van der Waals surface area contributed by atoms with Gasteiger partial charge in [0.25, 0.3) is 0 Å². The Labute approximate surface area is 105 Å². The minimum atomic E-state index is 0.610. The second-order valence-electron chi connectivity index (χ2n) is 5.60. The third-order valence-electron chi connectivity index (χ3n) is 3.77. The van der Waals surface area contributed by atoms with Crippen molar-refractivity contribution in [3.63, 3.8) is 0 Å². The number of nitrogens with zero attached hydrogens (tertiary/aromatic N) is 2. The van der Waals surface area contributed by atoms with Crippen LogP contribution < -0.4 is 5.32 Å². The lowest BCUT2D eigenvalue weighted by molar-refractivity contribution is 0.259. The molecule has 96 valence electrons. The molecular weight excluding hydrogens is 210 g/mol. The van der Waals surface area contributed by atoms with E-state index < -0.39 is 0 Å². The fourth-order valence-corrected chi connectivity index (χ4v) is 2.73. The van der Waals surface area contributed by atoms with Gasteiger partial charge in [0.05, 0.1) is 6.33 Å². The van der Waals surface area contributed by atoms with Crippen LogP contribution in [0, 0.1) is 5.92 Å². The maximum absolute atomic E-state index is 4.18. The fraction of sp³-hybridized carbons (Fsp3) is 0.786. The largest absolute Gasteiger partial charge is 0.333 e. The molecule has 1 heterocycles. The van der Waals surface area contributed by atoms with Gasteiger partial charge in [0.1, 0.15) is 0 Å². The summed E-state index contributed by atoms with van der Waals surface area (Å²) < 4.78 is 2.28. The van der Waals surface area contributed by atoms with Crippen LogP contribution in [-0.4, -0.2) is 22.1 Å². The molecule has 1 aromatic rings. The zero-order valence-corrected chi connectivity index (χ0v) is 11.1. The number of rotatable bonds is 5. The maximum atomic E-state index is 4.18. The Kier molecular flexibility index (Phi) is 4.60. The van der Waals surface area contributed by atoms with Crippen molar-refractivity contribution in [3.8, 4) is 0 Å². The van der Waals surface area contributed by atoms with Crippen LogP contribution >= 0.6 is 0 Å². The Hall–Kier alpha value is -0.830. The SMILES string of the molecule is CC(C)CCN[C@H]1CCCC[C@H]1n1ccnc1. The number of hydrogen-bond acceptors (Lipinski definition) is 2. The molecule has 0 amide bonds. The van der Waals surface area contributed by atoms with Crippen LogP contribution in [-0.2, 0) is 0 Å². The smallest absolute Gasteiger partial charge is 0.0949 e. The summed E-state index contributed by atoms with van der Waals surface area (Å²) in [5.74, 6) is 0.790. The monoisotopic (exact) mass is 235 g/mol. The zero-order chi connectivity index (χ0) is 12.1. The number of nitrogens with one attached hydrogen (secondary N) is 1. The highest BCUT2D eigenvalue weighted by atomic mass is 15.1. The summed E-state index contributed by atoms with van der Waals surface area (Å²) in [5.41, 5.74) is 0. The van der Waals surface area contributed by atoms with Gasteiger partial charge in [-0.3, -0.25) is 0 Å². The Morgan fingerprint density at radius 3 is 2.88 bits per heavy atom. The molecule has 1 saturated carbocycles. The summed E-state index contributed by atoms with van der Waals surface area (Å²) in [5, 5.41) is 3.74. The first kappa shape index (κ1) is 12.6. The molecule has 1 fully saturated rings. The van der Waals surface area contributed by atoms with Gasteiger partial charge >= 0.3 is 0 Å². The van der Waals surface area contributed by atoms with Gasteiger partial charge in [-0.2, -0.15) is 0 Å². The Bertz CT molecular complexity index is 305. The lowest BCUT2D eigenvalue weighted by atomic mass is 9.90. The van der Waals surface area contributed by atoms with Gasteiger partial charge in [-0.15, -0.1) is 0 Å². The first-order valence-electron chi connectivity index (χ1n) is 6.98. The van der Waals surface area contributed by atoms with Crippen LogP contribution in [0.15, 0.2) is 18.7 Å². The van der Waals surface area contributed by atoms with Crippen molar-refractivity contribution in [2.45, 2.75) is 58.0 Å². The van der Waals surface area contributed by atoms with Crippen LogP contribution in [0.5, 0.6) is 0 Å². The van der Waals surface area contributed by atoms with Crippen molar-refractivity contribution < 1.29 is 0 Å².